The van der Waals surface area contributed by atoms with Gasteiger partial charge in [0.15, 0.2) is 0 Å². The van der Waals surface area contributed by atoms with Crippen LogP contribution in [0.5, 0.6) is 0 Å². The molecular formula is C17H27NO. The molecule has 0 radical (unpaired) electrons. The molecule has 2 rings (SSSR count). The van der Waals surface area contributed by atoms with Crippen molar-refractivity contribution in [2.24, 2.45) is 0 Å². The van der Waals surface area contributed by atoms with Crippen molar-refractivity contribution < 1.29 is 4.74 Å². The van der Waals surface area contributed by atoms with E-state index in [1.54, 1.807) is 0 Å². The highest BCUT2D eigenvalue weighted by Gasteiger charge is 2.15. The summed E-state index contributed by atoms with van der Waals surface area (Å²) in [4.78, 5) is 0. The maximum atomic E-state index is 5.64. The number of benzene rings is 1. The molecule has 106 valence electrons. The Kier molecular flexibility index (Phi) is 5.87. The molecule has 1 aliphatic heterocycles. The standard InChI is InChI=1S/C17H27NO/c1-3-5-15-7-9-16(10-8-15)14(2)18-12-11-17-6-4-13-19-17/h7-10,14,17-18H,3-6,11-13H2,1-2H3. The zero-order chi connectivity index (χ0) is 13.5. The van der Waals surface area contributed by atoms with Gasteiger partial charge in [-0.05, 0) is 50.3 Å². The van der Waals surface area contributed by atoms with Crippen LogP contribution < -0.4 is 5.32 Å². The van der Waals surface area contributed by atoms with Gasteiger partial charge >= 0.3 is 0 Å². The second kappa shape index (κ2) is 7.66. The Morgan fingerprint density at radius 2 is 2.11 bits per heavy atom. The Morgan fingerprint density at radius 1 is 1.32 bits per heavy atom. The van der Waals surface area contributed by atoms with Crippen molar-refractivity contribution in [3.8, 4) is 0 Å². The molecule has 1 fully saturated rings. The van der Waals surface area contributed by atoms with E-state index in [4.69, 9.17) is 4.74 Å². The lowest BCUT2D eigenvalue weighted by Gasteiger charge is -2.16. The lowest BCUT2D eigenvalue weighted by molar-refractivity contribution is 0.103. The Labute approximate surface area is 117 Å². The second-order valence-electron chi connectivity index (χ2n) is 5.59. The minimum absolute atomic E-state index is 0.428. The summed E-state index contributed by atoms with van der Waals surface area (Å²) in [7, 11) is 0. The Hall–Kier alpha value is -0.860. The zero-order valence-corrected chi connectivity index (χ0v) is 12.3. The summed E-state index contributed by atoms with van der Waals surface area (Å²) >= 11 is 0. The summed E-state index contributed by atoms with van der Waals surface area (Å²) in [5.41, 5.74) is 2.82. The Bertz CT molecular complexity index is 354. The molecule has 0 amide bonds. The van der Waals surface area contributed by atoms with Crippen LogP contribution in [0.2, 0.25) is 0 Å². The minimum Gasteiger partial charge on any atom is -0.378 e. The molecule has 2 unspecified atom stereocenters. The summed E-state index contributed by atoms with van der Waals surface area (Å²) in [5.74, 6) is 0. The summed E-state index contributed by atoms with van der Waals surface area (Å²) < 4.78 is 5.64. The molecule has 0 aliphatic carbocycles. The van der Waals surface area contributed by atoms with Crippen LogP contribution in [0.1, 0.15) is 56.7 Å². The first kappa shape index (κ1) is 14.5. The smallest absolute Gasteiger partial charge is 0.0588 e. The fourth-order valence-electron chi connectivity index (χ4n) is 2.71. The number of nitrogens with one attached hydrogen (secondary N) is 1. The maximum absolute atomic E-state index is 5.64. The van der Waals surface area contributed by atoms with Gasteiger partial charge in [-0.1, -0.05) is 37.6 Å². The molecule has 19 heavy (non-hydrogen) atoms. The molecule has 0 aromatic heterocycles. The van der Waals surface area contributed by atoms with E-state index in [0.717, 1.165) is 19.6 Å². The molecule has 1 N–H and O–H groups in total. The van der Waals surface area contributed by atoms with E-state index >= 15 is 0 Å². The zero-order valence-electron chi connectivity index (χ0n) is 12.3. The first-order valence-electron chi connectivity index (χ1n) is 7.73. The monoisotopic (exact) mass is 261 g/mol. The van der Waals surface area contributed by atoms with E-state index in [0.29, 0.717) is 12.1 Å². The quantitative estimate of drug-likeness (QED) is 0.804. The topological polar surface area (TPSA) is 21.3 Å². The van der Waals surface area contributed by atoms with E-state index in [2.05, 4.69) is 43.4 Å². The average molecular weight is 261 g/mol. The number of hydrogen-bond donors (Lipinski definition) is 1. The van der Waals surface area contributed by atoms with E-state index in [1.165, 1.54) is 36.8 Å². The minimum atomic E-state index is 0.428. The average Bonchev–Trinajstić information content (AvgIpc) is 2.93. The molecule has 1 aliphatic rings. The SMILES string of the molecule is CCCc1ccc(C(C)NCCC2CCCO2)cc1. The number of aryl methyl sites for hydroxylation is 1. The fraction of sp³-hybridized carbons (Fsp3) is 0.647. The van der Waals surface area contributed by atoms with Crippen LogP contribution in [0.15, 0.2) is 24.3 Å². The predicted molar refractivity (Wildman–Crippen MR) is 80.4 cm³/mol. The van der Waals surface area contributed by atoms with Crippen molar-refractivity contribution in [2.75, 3.05) is 13.2 Å². The lowest BCUT2D eigenvalue weighted by atomic mass is 10.0. The largest absolute Gasteiger partial charge is 0.378 e. The third-order valence-electron chi connectivity index (χ3n) is 3.96. The third-order valence-corrected chi connectivity index (χ3v) is 3.96. The van der Waals surface area contributed by atoms with Gasteiger partial charge in [0.1, 0.15) is 0 Å². The highest BCUT2D eigenvalue weighted by Crippen LogP contribution is 2.17. The second-order valence-corrected chi connectivity index (χ2v) is 5.59. The van der Waals surface area contributed by atoms with E-state index in [1.807, 2.05) is 0 Å². The highest BCUT2D eigenvalue weighted by atomic mass is 16.5. The van der Waals surface area contributed by atoms with E-state index in [9.17, 15) is 0 Å². The third kappa shape index (κ3) is 4.63. The Morgan fingerprint density at radius 3 is 2.74 bits per heavy atom. The molecule has 0 spiro atoms. The molecule has 2 atom stereocenters. The van der Waals surface area contributed by atoms with E-state index < -0.39 is 0 Å². The van der Waals surface area contributed by atoms with Crippen LogP contribution in [-0.2, 0) is 11.2 Å². The van der Waals surface area contributed by atoms with Crippen molar-refractivity contribution in [3.63, 3.8) is 0 Å². The molecule has 0 saturated carbocycles. The molecule has 2 nitrogen and oxygen atoms in total. The first-order chi connectivity index (χ1) is 9.29. The molecule has 1 aromatic rings. The highest BCUT2D eigenvalue weighted by molar-refractivity contribution is 5.24. The van der Waals surface area contributed by atoms with Crippen LogP contribution in [0, 0.1) is 0 Å². The first-order valence-corrected chi connectivity index (χ1v) is 7.73. The van der Waals surface area contributed by atoms with Gasteiger partial charge in [0, 0.05) is 12.6 Å². The summed E-state index contributed by atoms with van der Waals surface area (Å²) in [6.07, 6.45) is 6.50. The molecule has 0 bridgehead atoms. The van der Waals surface area contributed by atoms with Crippen molar-refractivity contribution in [2.45, 2.75) is 58.1 Å². The summed E-state index contributed by atoms with van der Waals surface area (Å²) in [6.45, 7) is 6.47. The summed E-state index contributed by atoms with van der Waals surface area (Å²) in [6, 6.07) is 9.47. The van der Waals surface area contributed by atoms with Crippen LogP contribution in [0.25, 0.3) is 0 Å². The molecule has 2 heteroatoms. The number of rotatable bonds is 7. The lowest BCUT2D eigenvalue weighted by Crippen LogP contribution is -2.23. The molecule has 1 heterocycles. The molecule has 1 aromatic carbocycles. The van der Waals surface area contributed by atoms with Crippen LogP contribution in [-0.4, -0.2) is 19.3 Å². The van der Waals surface area contributed by atoms with Gasteiger partial charge < -0.3 is 10.1 Å². The molecular weight excluding hydrogens is 234 g/mol. The summed E-state index contributed by atoms with van der Waals surface area (Å²) in [5, 5.41) is 3.60. The Balaban J connectivity index is 1.73. The van der Waals surface area contributed by atoms with Gasteiger partial charge in [-0.2, -0.15) is 0 Å². The van der Waals surface area contributed by atoms with Gasteiger partial charge in [0.2, 0.25) is 0 Å². The van der Waals surface area contributed by atoms with E-state index in [-0.39, 0.29) is 0 Å². The van der Waals surface area contributed by atoms with Crippen LogP contribution in [0.4, 0.5) is 0 Å². The normalized spacial score (nSPS) is 20.6. The van der Waals surface area contributed by atoms with Gasteiger partial charge in [-0.15, -0.1) is 0 Å². The maximum Gasteiger partial charge on any atom is 0.0588 e. The van der Waals surface area contributed by atoms with Crippen molar-refractivity contribution in [1.82, 2.24) is 5.32 Å². The van der Waals surface area contributed by atoms with Gasteiger partial charge in [0.05, 0.1) is 6.10 Å². The van der Waals surface area contributed by atoms with Crippen molar-refractivity contribution in [1.29, 1.82) is 0 Å². The van der Waals surface area contributed by atoms with Crippen LogP contribution >= 0.6 is 0 Å². The van der Waals surface area contributed by atoms with Gasteiger partial charge in [-0.3, -0.25) is 0 Å². The molecule has 1 saturated heterocycles. The predicted octanol–water partition coefficient (Wildman–Crippen LogP) is 3.86. The fourth-order valence-corrected chi connectivity index (χ4v) is 2.71. The number of ether oxygens (including phenoxy) is 1. The number of hydrogen-bond acceptors (Lipinski definition) is 2. The van der Waals surface area contributed by atoms with Crippen LogP contribution in [0.3, 0.4) is 0 Å². The van der Waals surface area contributed by atoms with Gasteiger partial charge in [0.25, 0.3) is 0 Å². The van der Waals surface area contributed by atoms with Crippen molar-refractivity contribution in [3.05, 3.63) is 35.4 Å². The van der Waals surface area contributed by atoms with Crippen molar-refractivity contribution >= 4 is 0 Å². The van der Waals surface area contributed by atoms with Gasteiger partial charge in [-0.25, -0.2) is 0 Å².